The van der Waals surface area contributed by atoms with Gasteiger partial charge in [-0.05, 0) is 104 Å². The summed E-state index contributed by atoms with van der Waals surface area (Å²) in [5, 5.41) is 0. The molecule has 0 radical (unpaired) electrons. The first-order chi connectivity index (χ1) is 15.6. The highest BCUT2D eigenvalue weighted by molar-refractivity contribution is 6.01. The van der Waals surface area contributed by atoms with E-state index in [1.807, 2.05) is 12.2 Å². The standard InChI is InChI=1S/C30H42O3/c1-17-19(3)30(16-33-27(17)32)15-26(30)18(2)23-8-9-24-22-7-6-20-14-21(31)10-12-28(20,4)25(22)11-13-29(23,24)5/h10,12,14,17-19,22-26H,6-9,11,13,15-16H2,1-5H3. The molecule has 0 bridgehead atoms. The van der Waals surface area contributed by atoms with Crippen molar-refractivity contribution in [3.05, 3.63) is 23.8 Å². The monoisotopic (exact) mass is 450 g/mol. The van der Waals surface area contributed by atoms with Crippen molar-refractivity contribution in [3.8, 4) is 0 Å². The second-order valence-corrected chi connectivity index (χ2v) is 13.4. The molecular formula is C30H42O3. The van der Waals surface area contributed by atoms with Crippen molar-refractivity contribution in [1.82, 2.24) is 0 Å². The van der Waals surface area contributed by atoms with Crippen molar-refractivity contribution in [2.45, 2.75) is 79.6 Å². The summed E-state index contributed by atoms with van der Waals surface area (Å²) in [5.41, 5.74) is 2.18. The maximum atomic E-state index is 12.1. The second kappa shape index (κ2) is 7.08. The Hall–Kier alpha value is -1.38. The highest BCUT2D eigenvalue weighted by atomic mass is 16.5. The molecule has 0 aromatic rings. The number of carbonyl (C=O) groups excluding carboxylic acids is 2. The third-order valence-corrected chi connectivity index (χ3v) is 12.6. The lowest BCUT2D eigenvalue weighted by molar-refractivity contribution is -0.162. The van der Waals surface area contributed by atoms with E-state index in [4.69, 9.17) is 4.74 Å². The zero-order valence-corrected chi connectivity index (χ0v) is 21.2. The number of ether oxygens (including phenoxy) is 1. The number of hydrogen-bond donors (Lipinski definition) is 0. The Morgan fingerprint density at radius 1 is 1.03 bits per heavy atom. The summed E-state index contributed by atoms with van der Waals surface area (Å²) < 4.78 is 5.68. The fourth-order valence-electron chi connectivity index (χ4n) is 10.3. The molecule has 3 nitrogen and oxygen atoms in total. The first-order valence-electron chi connectivity index (χ1n) is 13.7. The van der Waals surface area contributed by atoms with Gasteiger partial charge in [-0.1, -0.05) is 46.3 Å². The fraction of sp³-hybridized carbons (Fsp3) is 0.800. The highest BCUT2D eigenvalue weighted by Gasteiger charge is 2.67. The highest BCUT2D eigenvalue weighted by Crippen LogP contribution is 2.71. The van der Waals surface area contributed by atoms with Crippen LogP contribution >= 0.6 is 0 Å². The number of hydrogen-bond acceptors (Lipinski definition) is 3. The maximum absolute atomic E-state index is 12.1. The van der Waals surface area contributed by atoms with Crippen LogP contribution in [0.3, 0.4) is 0 Å². The zero-order valence-electron chi connectivity index (χ0n) is 21.2. The lowest BCUT2D eigenvalue weighted by Crippen LogP contribution is -2.50. The van der Waals surface area contributed by atoms with Crippen molar-refractivity contribution in [3.63, 3.8) is 0 Å². The average molecular weight is 451 g/mol. The van der Waals surface area contributed by atoms with E-state index in [0.717, 1.165) is 24.2 Å². The van der Waals surface area contributed by atoms with Crippen LogP contribution < -0.4 is 0 Å². The quantitative estimate of drug-likeness (QED) is 0.458. The van der Waals surface area contributed by atoms with E-state index in [9.17, 15) is 9.59 Å². The molecule has 1 spiro atoms. The molecule has 5 fully saturated rings. The van der Waals surface area contributed by atoms with Crippen LogP contribution in [0.1, 0.15) is 79.6 Å². The van der Waals surface area contributed by atoms with Gasteiger partial charge in [0.1, 0.15) is 0 Å². The molecule has 0 amide bonds. The van der Waals surface area contributed by atoms with Crippen LogP contribution in [0.25, 0.3) is 0 Å². The molecule has 6 rings (SSSR count). The minimum absolute atomic E-state index is 0.00955. The molecule has 1 saturated heterocycles. The average Bonchev–Trinajstić information content (AvgIpc) is 3.41. The molecule has 0 aromatic heterocycles. The molecule has 33 heavy (non-hydrogen) atoms. The summed E-state index contributed by atoms with van der Waals surface area (Å²) in [6.45, 7) is 12.6. The number of rotatable bonds is 2. The van der Waals surface area contributed by atoms with Crippen molar-refractivity contribution in [2.75, 3.05) is 6.61 Å². The number of cyclic esters (lactones) is 1. The number of carbonyl (C=O) groups is 2. The van der Waals surface area contributed by atoms with Crippen LogP contribution in [0.2, 0.25) is 0 Å². The largest absolute Gasteiger partial charge is 0.465 e. The molecule has 1 heterocycles. The molecule has 11 unspecified atom stereocenters. The summed E-state index contributed by atoms with van der Waals surface area (Å²) in [4.78, 5) is 24.2. The molecule has 4 saturated carbocycles. The van der Waals surface area contributed by atoms with Gasteiger partial charge in [0.25, 0.3) is 0 Å². The first-order valence-corrected chi connectivity index (χ1v) is 13.7. The SMILES string of the molecule is CC1C(=O)OCC2(CC2C(C)C2CCC3C4CCC5=CC(=O)C=CC5(C)C4CCC23C)C1C. The molecular weight excluding hydrogens is 408 g/mol. The van der Waals surface area contributed by atoms with Gasteiger partial charge < -0.3 is 4.74 Å². The van der Waals surface area contributed by atoms with Crippen LogP contribution in [0, 0.1) is 63.6 Å². The number of ketones is 1. The summed E-state index contributed by atoms with van der Waals surface area (Å²) in [5.74, 6) is 5.21. The van der Waals surface area contributed by atoms with Gasteiger partial charge in [0.2, 0.25) is 0 Å². The molecule has 180 valence electrons. The van der Waals surface area contributed by atoms with E-state index in [2.05, 4.69) is 40.7 Å². The van der Waals surface area contributed by atoms with E-state index in [1.165, 1.54) is 44.1 Å². The van der Waals surface area contributed by atoms with Gasteiger partial charge in [-0.3, -0.25) is 9.59 Å². The molecule has 5 aliphatic carbocycles. The lowest BCUT2D eigenvalue weighted by atomic mass is 9.47. The van der Waals surface area contributed by atoms with Crippen molar-refractivity contribution in [2.24, 2.45) is 63.6 Å². The third-order valence-electron chi connectivity index (χ3n) is 12.6. The molecule has 0 N–H and O–H groups in total. The van der Waals surface area contributed by atoms with Crippen molar-refractivity contribution < 1.29 is 14.3 Å². The van der Waals surface area contributed by atoms with E-state index in [0.29, 0.717) is 35.7 Å². The second-order valence-electron chi connectivity index (χ2n) is 13.4. The predicted octanol–water partition coefficient (Wildman–Crippen LogP) is 6.38. The molecule has 1 aliphatic heterocycles. The summed E-state index contributed by atoms with van der Waals surface area (Å²) in [6, 6.07) is 0. The Kier molecular flexibility index (Phi) is 4.74. The minimum atomic E-state index is 0.00955. The van der Waals surface area contributed by atoms with Gasteiger partial charge in [0.05, 0.1) is 12.5 Å². The van der Waals surface area contributed by atoms with Gasteiger partial charge in [-0.25, -0.2) is 0 Å². The van der Waals surface area contributed by atoms with E-state index >= 15 is 0 Å². The van der Waals surface area contributed by atoms with Gasteiger partial charge >= 0.3 is 5.97 Å². The normalized spacial score (nSPS) is 53.6. The Morgan fingerprint density at radius 3 is 2.61 bits per heavy atom. The summed E-state index contributed by atoms with van der Waals surface area (Å²) in [6.07, 6.45) is 15.1. The summed E-state index contributed by atoms with van der Waals surface area (Å²) >= 11 is 0. The third kappa shape index (κ3) is 2.86. The Morgan fingerprint density at radius 2 is 1.82 bits per heavy atom. The van der Waals surface area contributed by atoms with Crippen molar-refractivity contribution >= 4 is 11.8 Å². The zero-order chi connectivity index (χ0) is 23.3. The Balaban J connectivity index is 1.22. The van der Waals surface area contributed by atoms with E-state index in [1.54, 1.807) is 0 Å². The van der Waals surface area contributed by atoms with Crippen LogP contribution in [0.5, 0.6) is 0 Å². The van der Waals surface area contributed by atoms with Crippen LogP contribution in [-0.2, 0) is 14.3 Å². The molecule has 11 atom stereocenters. The first kappa shape index (κ1) is 22.1. The fourth-order valence-corrected chi connectivity index (χ4v) is 10.3. The topological polar surface area (TPSA) is 43.4 Å². The van der Waals surface area contributed by atoms with Gasteiger partial charge in [-0.15, -0.1) is 0 Å². The van der Waals surface area contributed by atoms with Crippen LogP contribution in [0.15, 0.2) is 23.8 Å². The van der Waals surface area contributed by atoms with Gasteiger partial charge in [0.15, 0.2) is 5.78 Å². The maximum Gasteiger partial charge on any atom is 0.308 e. The van der Waals surface area contributed by atoms with Gasteiger partial charge in [-0.2, -0.15) is 0 Å². The van der Waals surface area contributed by atoms with Crippen LogP contribution in [0.4, 0.5) is 0 Å². The predicted molar refractivity (Wildman–Crippen MR) is 129 cm³/mol. The molecule has 6 aliphatic rings. The Labute approximate surface area is 199 Å². The van der Waals surface area contributed by atoms with Crippen molar-refractivity contribution in [1.29, 1.82) is 0 Å². The number of allylic oxidation sites excluding steroid dienone is 4. The molecule has 3 heteroatoms. The van der Waals surface area contributed by atoms with Gasteiger partial charge in [0, 0.05) is 10.8 Å². The minimum Gasteiger partial charge on any atom is -0.465 e. The van der Waals surface area contributed by atoms with Crippen LogP contribution in [-0.4, -0.2) is 18.4 Å². The summed E-state index contributed by atoms with van der Waals surface area (Å²) in [7, 11) is 0. The van der Waals surface area contributed by atoms with E-state index < -0.39 is 0 Å². The smallest absolute Gasteiger partial charge is 0.308 e. The number of esters is 1. The molecule has 0 aromatic carbocycles. The lowest BCUT2D eigenvalue weighted by Gasteiger charge is -2.57. The Bertz CT molecular complexity index is 946. The number of fused-ring (bicyclic) bond motifs is 5. The van der Waals surface area contributed by atoms with E-state index in [-0.39, 0.29) is 28.5 Å².